The van der Waals surface area contributed by atoms with Gasteiger partial charge in [-0.25, -0.2) is 4.79 Å². The van der Waals surface area contributed by atoms with E-state index >= 15 is 0 Å². The van der Waals surface area contributed by atoms with Crippen LogP contribution in [-0.2, 0) is 33.5 Å². The first-order valence-corrected chi connectivity index (χ1v) is 14.4. The molecule has 0 spiro atoms. The molecule has 1 aromatic carbocycles. The number of carboxylic acid groups (broad SMARTS) is 1. The Bertz CT molecular complexity index is 1500. The molecule has 3 heterocycles. The van der Waals surface area contributed by atoms with Crippen molar-refractivity contribution in [2.24, 2.45) is 5.16 Å². The van der Waals surface area contributed by atoms with Gasteiger partial charge in [0.2, 0.25) is 11.5 Å². The predicted molar refractivity (Wildman–Crippen MR) is 141 cm³/mol. The van der Waals surface area contributed by atoms with Crippen molar-refractivity contribution in [2.45, 2.75) is 30.2 Å². The van der Waals surface area contributed by atoms with Crippen molar-refractivity contribution in [3.05, 3.63) is 59.3 Å². The van der Waals surface area contributed by atoms with Crippen LogP contribution in [0.1, 0.15) is 18.3 Å². The molecular weight excluding hydrogens is 572 g/mol. The largest absolute Gasteiger partial charge is 0.477 e. The van der Waals surface area contributed by atoms with Crippen LogP contribution in [0.2, 0.25) is 0 Å². The number of carbonyl (C=O) groups excluding carboxylic acids is 2. The topological polar surface area (TPSA) is 203 Å². The smallest absolute Gasteiger partial charge is 0.352 e. The maximum absolute atomic E-state index is 12.9. The highest BCUT2D eigenvalue weighted by atomic mass is 32.2. The number of rotatable bonds is 10. The first-order valence-electron chi connectivity index (χ1n) is 11.2. The van der Waals surface area contributed by atoms with Gasteiger partial charge in [-0.05, 0) is 37.6 Å². The Morgan fingerprint density at radius 3 is 2.67 bits per heavy atom. The molecule has 1 aromatic heterocycles. The number of carboxylic acids is 1. The molecule has 14 nitrogen and oxygen atoms in total. The lowest BCUT2D eigenvalue weighted by Crippen LogP contribution is -2.71. The number of aliphatic carboxylic acids is 1. The number of aryl methyl sites for hydroxylation is 1. The summed E-state index contributed by atoms with van der Waals surface area (Å²) in [5.41, 5.74) is 5.97. The van der Waals surface area contributed by atoms with Crippen LogP contribution in [0.25, 0.3) is 0 Å². The second-order valence-corrected chi connectivity index (χ2v) is 11.5. The zero-order valence-electron chi connectivity index (χ0n) is 20.4. The Kier molecular flexibility index (Phi) is 8.22. The minimum absolute atomic E-state index is 0.0671. The number of nitrogen functional groups attached to an aromatic ring is 1. The van der Waals surface area contributed by atoms with E-state index in [1.54, 1.807) is 26.0 Å². The highest BCUT2D eigenvalue weighted by molar-refractivity contribution is 8.00. The van der Waals surface area contributed by atoms with E-state index in [-0.39, 0.29) is 45.2 Å². The van der Waals surface area contributed by atoms with Gasteiger partial charge in [-0.2, -0.15) is 17.8 Å². The molecule has 2 amide bonds. The molecule has 0 saturated carbocycles. The third-order valence-electron chi connectivity index (χ3n) is 5.40. The summed E-state index contributed by atoms with van der Waals surface area (Å²) in [7, 11) is -4.13. The fraction of sp³-hybridized carbons (Fsp3) is 0.273. The average molecular weight is 595 g/mol. The number of thioether (sulfide) groups is 1. The maximum atomic E-state index is 12.9. The van der Waals surface area contributed by atoms with Crippen molar-refractivity contribution >= 4 is 62.0 Å². The van der Waals surface area contributed by atoms with Crippen LogP contribution in [0.15, 0.2) is 57.9 Å². The lowest BCUT2D eigenvalue weighted by atomic mass is 10.0. The fourth-order valence-electron chi connectivity index (χ4n) is 3.57. The van der Waals surface area contributed by atoms with Crippen molar-refractivity contribution in [3.8, 4) is 0 Å². The molecule has 2 aliphatic heterocycles. The summed E-state index contributed by atoms with van der Waals surface area (Å²) >= 11 is 2.02. The number of β-lactam (4-membered cyclic amide) rings is 1. The summed E-state index contributed by atoms with van der Waals surface area (Å²) in [5.74, 6) is -2.88. The summed E-state index contributed by atoms with van der Waals surface area (Å²) in [5, 5.41) is 15.4. The number of benzene rings is 1. The molecule has 206 valence electrons. The molecule has 39 heavy (non-hydrogen) atoms. The van der Waals surface area contributed by atoms with E-state index in [0.29, 0.717) is 0 Å². The number of oxime groups is 1. The monoisotopic (exact) mass is 594 g/mol. The Labute approximate surface area is 230 Å². The van der Waals surface area contributed by atoms with E-state index < -0.39 is 39.3 Å². The number of fused-ring (bicyclic) bond motifs is 1. The number of carbonyl (C=O) groups is 3. The molecular formula is C22H22N6O8S3. The van der Waals surface area contributed by atoms with Crippen molar-refractivity contribution in [1.29, 1.82) is 0 Å². The number of nitrogens with zero attached hydrogens (tertiary/aromatic N) is 4. The maximum Gasteiger partial charge on any atom is 0.352 e. The van der Waals surface area contributed by atoms with E-state index in [4.69, 9.17) is 14.8 Å². The van der Waals surface area contributed by atoms with E-state index in [9.17, 15) is 27.9 Å². The minimum atomic E-state index is -4.13. The number of anilines is 1. The number of nitrogens with two attached hydrogens (primary N) is 1. The number of hydrogen-bond donors (Lipinski definition) is 3. The van der Waals surface area contributed by atoms with Gasteiger partial charge in [-0.3, -0.25) is 14.5 Å². The molecule has 1 saturated heterocycles. The van der Waals surface area contributed by atoms with Crippen molar-refractivity contribution in [1.82, 2.24) is 19.6 Å². The summed E-state index contributed by atoms with van der Waals surface area (Å²) in [6.07, 6.45) is 2.05. The van der Waals surface area contributed by atoms with Gasteiger partial charge in [0, 0.05) is 17.3 Å². The summed E-state index contributed by atoms with van der Waals surface area (Å²) in [6, 6.07) is 4.94. The summed E-state index contributed by atoms with van der Waals surface area (Å²) in [6.45, 7) is 3.62. The van der Waals surface area contributed by atoms with Crippen LogP contribution >= 0.6 is 23.3 Å². The minimum Gasteiger partial charge on any atom is -0.477 e. The van der Waals surface area contributed by atoms with Gasteiger partial charge >= 0.3 is 16.1 Å². The van der Waals surface area contributed by atoms with Gasteiger partial charge in [0.25, 0.3) is 11.8 Å². The van der Waals surface area contributed by atoms with E-state index in [2.05, 4.69) is 19.8 Å². The molecule has 2 aliphatic rings. The summed E-state index contributed by atoms with van der Waals surface area (Å²) in [4.78, 5) is 47.7. The Hall–Kier alpha value is -3.96. The lowest BCUT2D eigenvalue weighted by molar-refractivity contribution is -0.150. The third-order valence-corrected chi connectivity index (χ3v) is 8.46. The average Bonchev–Trinajstić information content (AvgIpc) is 3.32. The van der Waals surface area contributed by atoms with Crippen LogP contribution in [0.3, 0.4) is 0 Å². The van der Waals surface area contributed by atoms with E-state index in [1.807, 2.05) is 0 Å². The number of hydrogen-bond acceptors (Lipinski definition) is 13. The lowest BCUT2D eigenvalue weighted by Gasteiger charge is -2.49. The van der Waals surface area contributed by atoms with Gasteiger partial charge in [0.15, 0.2) is 5.13 Å². The molecule has 2 atom stereocenters. The van der Waals surface area contributed by atoms with Crippen LogP contribution in [0, 0.1) is 6.92 Å². The van der Waals surface area contributed by atoms with Crippen molar-refractivity contribution in [2.75, 3.05) is 18.1 Å². The van der Waals surface area contributed by atoms with E-state index in [0.717, 1.165) is 28.3 Å². The quantitative estimate of drug-likeness (QED) is 0.115. The molecule has 2 aromatic rings. The number of allylic oxidation sites excluding steroid dienone is 1. The number of aromatic nitrogens is 2. The zero-order valence-corrected chi connectivity index (χ0v) is 22.9. The van der Waals surface area contributed by atoms with Crippen LogP contribution in [0.5, 0.6) is 0 Å². The highest BCUT2D eigenvalue weighted by Gasteiger charge is 2.54. The second kappa shape index (κ2) is 11.4. The van der Waals surface area contributed by atoms with Gasteiger partial charge in [-0.15, -0.1) is 11.8 Å². The standard InChI is InChI=1S/C22H22N6O8S3/c1-3-35-26-14(17-25-22(23)38-27-17)18(29)24-15-19(30)28-16(21(31)32)12(10-37-20(15)28)8-9-36-39(33,34)13-6-4-11(2)5-7-13/h4-9,15,20H,3,10H2,1-2H3,(H,24,29)(H,31,32)(H2,23,25,27)/b9-8+,26-14-/t15?,20-/m1/s1. The summed E-state index contributed by atoms with van der Waals surface area (Å²) < 4.78 is 33.7. The number of nitrogens with one attached hydrogen (secondary N) is 1. The fourth-order valence-corrected chi connectivity index (χ4v) is 6.10. The van der Waals surface area contributed by atoms with Crippen LogP contribution < -0.4 is 11.1 Å². The molecule has 0 radical (unpaired) electrons. The SMILES string of the molecule is CCO/N=C(\C(=O)NC1C(=O)N2C(C(=O)O)=C(/C=C/OS(=O)(=O)c3ccc(C)cc3)CS[C@H]12)c1nsc(N)n1. The van der Waals surface area contributed by atoms with Crippen LogP contribution in [0.4, 0.5) is 5.13 Å². The zero-order chi connectivity index (χ0) is 28.3. The normalized spacial score (nSPS) is 19.5. The Balaban J connectivity index is 1.49. The Morgan fingerprint density at radius 2 is 2.05 bits per heavy atom. The van der Waals surface area contributed by atoms with Crippen molar-refractivity contribution < 1.29 is 36.9 Å². The predicted octanol–water partition coefficient (Wildman–Crippen LogP) is 0.827. The van der Waals surface area contributed by atoms with Gasteiger partial charge in [0.1, 0.15) is 34.9 Å². The Morgan fingerprint density at radius 1 is 1.33 bits per heavy atom. The third kappa shape index (κ3) is 5.89. The molecule has 4 rings (SSSR count). The molecule has 1 unspecified atom stereocenters. The van der Waals surface area contributed by atoms with Gasteiger partial charge in [0.05, 0.1) is 0 Å². The van der Waals surface area contributed by atoms with Crippen molar-refractivity contribution in [3.63, 3.8) is 0 Å². The molecule has 0 aliphatic carbocycles. The first-order chi connectivity index (χ1) is 18.5. The van der Waals surface area contributed by atoms with E-state index in [1.165, 1.54) is 30.0 Å². The number of amides is 2. The van der Waals surface area contributed by atoms with Gasteiger partial charge < -0.3 is 25.2 Å². The second-order valence-electron chi connectivity index (χ2n) is 8.02. The molecule has 17 heteroatoms. The molecule has 1 fully saturated rings. The molecule has 0 bridgehead atoms. The van der Waals surface area contributed by atoms with Gasteiger partial charge in [-0.1, -0.05) is 22.9 Å². The first kappa shape index (κ1) is 28.1. The van der Waals surface area contributed by atoms with Crippen LogP contribution in [-0.4, -0.2) is 75.1 Å². The molecule has 4 N–H and O–H groups in total. The highest BCUT2D eigenvalue weighted by Crippen LogP contribution is 2.40.